The van der Waals surface area contributed by atoms with Gasteiger partial charge >= 0.3 is 5.69 Å². The predicted octanol–water partition coefficient (Wildman–Crippen LogP) is 2.57. The quantitative estimate of drug-likeness (QED) is 0.542. The van der Waals surface area contributed by atoms with E-state index in [1.54, 1.807) is 13.8 Å². The Morgan fingerprint density at radius 1 is 1.48 bits per heavy atom. The van der Waals surface area contributed by atoms with Crippen LogP contribution in [-0.4, -0.2) is 24.8 Å². The molecule has 0 aliphatic carbocycles. The second-order valence-corrected chi connectivity index (χ2v) is 5.37. The SMILES string of the molecule is Cc1nn(Cc2nc(-c3cccs3)no2)c(C)c1[N+](=O)[O-]. The maximum Gasteiger partial charge on any atom is 0.312 e. The summed E-state index contributed by atoms with van der Waals surface area (Å²) in [6.07, 6.45) is 0. The van der Waals surface area contributed by atoms with Gasteiger partial charge in [-0.2, -0.15) is 10.1 Å². The van der Waals surface area contributed by atoms with Gasteiger partial charge in [-0.1, -0.05) is 11.2 Å². The molecule has 108 valence electrons. The summed E-state index contributed by atoms with van der Waals surface area (Å²) in [5, 5.41) is 20.9. The van der Waals surface area contributed by atoms with E-state index < -0.39 is 4.92 Å². The Kier molecular flexibility index (Phi) is 3.26. The third kappa shape index (κ3) is 2.42. The molecule has 9 heteroatoms. The second-order valence-electron chi connectivity index (χ2n) is 4.42. The monoisotopic (exact) mass is 305 g/mol. The predicted molar refractivity (Wildman–Crippen MR) is 75.1 cm³/mol. The molecule has 8 nitrogen and oxygen atoms in total. The zero-order chi connectivity index (χ0) is 15.0. The van der Waals surface area contributed by atoms with Gasteiger partial charge in [0.1, 0.15) is 17.9 Å². The number of aryl methyl sites for hydroxylation is 1. The second kappa shape index (κ2) is 5.09. The molecule has 0 saturated carbocycles. The third-order valence-corrected chi connectivity index (χ3v) is 3.89. The summed E-state index contributed by atoms with van der Waals surface area (Å²) in [5.74, 6) is 0.870. The first-order chi connectivity index (χ1) is 10.1. The summed E-state index contributed by atoms with van der Waals surface area (Å²) in [4.78, 5) is 15.7. The van der Waals surface area contributed by atoms with Crippen molar-refractivity contribution < 1.29 is 9.45 Å². The molecule has 0 spiro atoms. The molecular weight excluding hydrogens is 294 g/mol. The smallest absolute Gasteiger partial charge is 0.312 e. The Hall–Kier alpha value is -2.55. The van der Waals surface area contributed by atoms with Gasteiger partial charge in [0.15, 0.2) is 0 Å². The molecule has 0 fully saturated rings. The Morgan fingerprint density at radius 2 is 2.29 bits per heavy atom. The summed E-state index contributed by atoms with van der Waals surface area (Å²) < 4.78 is 6.67. The third-order valence-electron chi connectivity index (χ3n) is 3.02. The first kappa shape index (κ1) is 13.4. The minimum atomic E-state index is -0.431. The lowest BCUT2D eigenvalue weighted by Crippen LogP contribution is -2.04. The summed E-state index contributed by atoms with van der Waals surface area (Å²) in [5.41, 5.74) is 0.858. The average molecular weight is 305 g/mol. The largest absolute Gasteiger partial charge is 0.337 e. The molecule has 3 aromatic heterocycles. The molecule has 3 aromatic rings. The van der Waals surface area contributed by atoms with Crippen LogP contribution < -0.4 is 0 Å². The van der Waals surface area contributed by atoms with Crippen molar-refractivity contribution >= 4 is 17.0 Å². The zero-order valence-corrected chi connectivity index (χ0v) is 12.1. The number of nitrogens with zero attached hydrogens (tertiary/aromatic N) is 5. The van der Waals surface area contributed by atoms with E-state index in [2.05, 4.69) is 15.2 Å². The van der Waals surface area contributed by atoms with Crippen LogP contribution in [0.15, 0.2) is 22.0 Å². The van der Waals surface area contributed by atoms with Crippen molar-refractivity contribution in [3.8, 4) is 10.7 Å². The van der Waals surface area contributed by atoms with Crippen LogP contribution in [0.5, 0.6) is 0 Å². The van der Waals surface area contributed by atoms with Gasteiger partial charge in [0.25, 0.3) is 0 Å². The molecule has 0 bridgehead atoms. The number of aromatic nitrogens is 4. The number of thiophene rings is 1. The molecule has 0 unspecified atom stereocenters. The Balaban J connectivity index is 1.88. The number of hydrogen-bond acceptors (Lipinski definition) is 7. The van der Waals surface area contributed by atoms with Crippen LogP contribution in [0.4, 0.5) is 5.69 Å². The fourth-order valence-corrected chi connectivity index (χ4v) is 2.71. The molecule has 21 heavy (non-hydrogen) atoms. The molecule has 0 amide bonds. The number of hydrogen-bond donors (Lipinski definition) is 0. The van der Waals surface area contributed by atoms with Crippen LogP contribution in [-0.2, 0) is 6.54 Å². The van der Waals surface area contributed by atoms with Crippen molar-refractivity contribution in [2.24, 2.45) is 0 Å². The van der Waals surface area contributed by atoms with Gasteiger partial charge in [-0.15, -0.1) is 11.3 Å². The topological polar surface area (TPSA) is 99.9 Å². The van der Waals surface area contributed by atoms with E-state index in [1.165, 1.54) is 16.0 Å². The normalized spacial score (nSPS) is 11.0. The van der Waals surface area contributed by atoms with Crippen LogP contribution in [0.1, 0.15) is 17.3 Å². The van der Waals surface area contributed by atoms with Gasteiger partial charge in [0.05, 0.1) is 9.80 Å². The first-order valence-corrected chi connectivity index (χ1v) is 6.99. The fourth-order valence-electron chi connectivity index (χ4n) is 2.06. The van der Waals surface area contributed by atoms with E-state index >= 15 is 0 Å². The molecule has 0 atom stereocenters. The summed E-state index contributed by atoms with van der Waals surface area (Å²) in [6, 6.07) is 3.80. The Bertz CT molecular complexity index is 790. The van der Waals surface area contributed by atoms with Crippen molar-refractivity contribution in [3.05, 3.63) is 44.9 Å². The van der Waals surface area contributed by atoms with E-state index in [4.69, 9.17) is 4.52 Å². The highest BCUT2D eigenvalue weighted by atomic mass is 32.1. The van der Waals surface area contributed by atoms with Crippen LogP contribution in [0, 0.1) is 24.0 Å². The minimum absolute atomic E-state index is 0.0213. The molecule has 0 saturated heterocycles. The van der Waals surface area contributed by atoms with E-state index in [9.17, 15) is 10.1 Å². The van der Waals surface area contributed by atoms with Gasteiger partial charge in [-0.3, -0.25) is 14.8 Å². The van der Waals surface area contributed by atoms with Gasteiger partial charge in [-0.25, -0.2) is 0 Å². The first-order valence-electron chi connectivity index (χ1n) is 6.11. The molecule has 3 heterocycles. The van der Waals surface area contributed by atoms with Crippen molar-refractivity contribution in [1.82, 2.24) is 19.9 Å². The average Bonchev–Trinajstić information content (AvgIpc) is 3.11. The molecule has 3 rings (SSSR count). The van der Waals surface area contributed by atoms with Crippen LogP contribution in [0.25, 0.3) is 10.7 Å². The van der Waals surface area contributed by atoms with Gasteiger partial charge in [0, 0.05) is 0 Å². The summed E-state index contributed by atoms with van der Waals surface area (Å²) in [6.45, 7) is 3.46. The van der Waals surface area contributed by atoms with Crippen molar-refractivity contribution in [2.75, 3.05) is 0 Å². The highest BCUT2D eigenvalue weighted by molar-refractivity contribution is 7.13. The van der Waals surface area contributed by atoms with Crippen LogP contribution >= 0.6 is 11.3 Å². The van der Waals surface area contributed by atoms with E-state index in [1.807, 2.05) is 17.5 Å². The lowest BCUT2D eigenvalue weighted by molar-refractivity contribution is -0.386. The lowest BCUT2D eigenvalue weighted by Gasteiger charge is -1.98. The molecule has 0 radical (unpaired) electrons. The molecule has 0 aliphatic heterocycles. The molecule has 0 N–H and O–H groups in total. The van der Waals surface area contributed by atoms with Gasteiger partial charge in [-0.05, 0) is 25.3 Å². The number of nitro groups is 1. The van der Waals surface area contributed by atoms with Crippen molar-refractivity contribution in [3.63, 3.8) is 0 Å². The van der Waals surface area contributed by atoms with Crippen LogP contribution in [0.2, 0.25) is 0 Å². The number of rotatable bonds is 4. The van der Waals surface area contributed by atoms with Crippen LogP contribution in [0.3, 0.4) is 0 Å². The fraction of sp³-hybridized carbons (Fsp3) is 0.250. The van der Waals surface area contributed by atoms with E-state index in [0.717, 1.165) is 4.88 Å². The van der Waals surface area contributed by atoms with E-state index in [-0.39, 0.29) is 12.2 Å². The maximum atomic E-state index is 11.0. The summed E-state index contributed by atoms with van der Waals surface area (Å²) >= 11 is 1.51. The highest BCUT2D eigenvalue weighted by Gasteiger charge is 2.22. The maximum absolute atomic E-state index is 11.0. The lowest BCUT2D eigenvalue weighted by atomic mass is 10.3. The molecular formula is C12H11N5O3S. The Labute approximate surface area is 123 Å². The van der Waals surface area contributed by atoms with Gasteiger partial charge in [0.2, 0.25) is 11.7 Å². The van der Waals surface area contributed by atoms with E-state index in [0.29, 0.717) is 23.1 Å². The standard InChI is InChI=1S/C12H11N5O3S/c1-7-11(17(18)19)8(2)16(14-7)6-10-13-12(15-20-10)9-4-3-5-21-9/h3-5H,6H2,1-2H3. The molecule has 0 aliphatic rings. The Morgan fingerprint density at radius 3 is 2.90 bits per heavy atom. The molecule has 0 aromatic carbocycles. The minimum Gasteiger partial charge on any atom is -0.337 e. The van der Waals surface area contributed by atoms with Crippen molar-refractivity contribution in [2.45, 2.75) is 20.4 Å². The summed E-state index contributed by atoms with van der Waals surface area (Å²) in [7, 11) is 0. The van der Waals surface area contributed by atoms with Gasteiger partial charge < -0.3 is 4.52 Å². The van der Waals surface area contributed by atoms with Crippen molar-refractivity contribution in [1.29, 1.82) is 0 Å². The zero-order valence-electron chi connectivity index (χ0n) is 11.3. The highest BCUT2D eigenvalue weighted by Crippen LogP contribution is 2.24.